The van der Waals surface area contributed by atoms with Gasteiger partial charge < -0.3 is 5.32 Å². The normalized spacial score (nSPS) is 13.0. The Morgan fingerprint density at radius 1 is 1.37 bits per heavy atom. The predicted molar refractivity (Wildman–Crippen MR) is 56.9 cm³/mol. The van der Waals surface area contributed by atoms with Gasteiger partial charge >= 0.3 is 6.18 Å². The van der Waals surface area contributed by atoms with E-state index in [0.717, 1.165) is 6.20 Å². The highest BCUT2D eigenvalue weighted by Gasteiger charge is 2.43. The number of H-pyrrole nitrogens is 1. The van der Waals surface area contributed by atoms with Gasteiger partial charge in [-0.05, 0) is 12.1 Å². The molecule has 0 radical (unpaired) electrons. The summed E-state index contributed by atoms with van der Waals surface area (Å²) >= 11 is 0. The van der Waals surface area contributed by atoms with Crippen LogP contribution in [0.5, 0.6) is 0 Å². The van der Waals surface area contributed by atoms with E-state index in [9.17, 15) is 18.0 Å². The van der Waals surface area contributed by atoms with Gasteiger partial charge in [0.05, 0.1) is 11.9 Å². The summed E-state index contributed by atoms with van der Waals surface area (Å²) in [5.74, 6) is -0.985. The SMILES string of the molecule is O=C(N[C@@H](c1ccccn1)C(F)(F)F)c1cn[nH]n1. The van der Waals surface area contributed by atoms with Crippen LogP contribution >= 0.6 is 0 Å². The molecule has 100 valence electrons. The van der Waals surface area contributed by atoms with Crippen molar-refractivity contribution in [2.75, 3.05) is 0 Å². The number of pyridine rings is 1. The number of carbonyl (C=O) groups excluding carboxylic acids is 1. The van der Waals surface area contributed by atoms with Gasteiger partial charge in [0.15, 0.2) is 11.7 Å². The molecule has 6 nitrogen and oxygen atoms in total. The fourth-order valence-corrected chi connectivity index (χ4v) is 1.39. The zero-order chi connectivity index (χ0) is 13.9. The van der Waals surface area contributed by atoms with E-state index in [1.54, 1.807) is 0 Å². The molecule has 0 bridgehead atoms. The summed E-state index contributed by atoms with van der Waals surface area (Å²) in [5.41, 5.74) is -0.531. The molecule has 2 N–H and O–H groups in total. The Labute approximate surface area is 105 Å². The first-order valence-corrected chi connectivity index (χ1v) is 5.13. The largest absolute Gasteiger partial charge is 0.414 e. The number of carbonyl (C=O) groups is 1. The molecule has 2 aromatic rings. The summed E-state index contributed by atoms with van der Waals surface area (Å²) < 4.78 is 38.7. The highest BCUT2D eigenvalue weighted by Crippen LogP contribution is 2.31. The molecule has 1 atom stereocenters. The minimum Gasteiger partial charge on any atom is -0.334 e. The van der Waals surface area contributed by atoms with Crippen molar-refractivity contribution in [3.63, 3.8) is 0 Å². The van der Waals surface area contributed by atoms with Crippen molar-refractivity contribution in [2.45, 2.75) is 12.2 Å². The van der Waals surface area contributed by atoms with Gasteiger partial charge in [0.2, 0.25) is 0 Å². The summed E-state index contributed by atoms with van der Waals surface area (Å²) in [6, 6.07) is 1.87. The van der Waals surface area contributed by atoms with Crippen LogP contribution < -0.4 is 5.32 Å². The minimum atomic E-state index is -4.66. The van der Waals surface area contributed by atoms with Crippen molar-refractivity contribution in [1.29, 1.82) is 0 Å². The summed E-state index contributed by atoms with van der Waals surface area (Å²) in [6.07, 6.45) is -2.41. The average Bonchev–Trinajstić information content (AvgIpc) is 2.89. The first kappa shape index (κ1) is 13.0. The smallest absolute Gasteiger partial charge is 0.334 e. The predicted octanol–water partition coefficient (Wildman–Crippen LogP) is 1.23. The monoisotopic (exact) mass is 271 g/mol. The lowest BCUT2D eigenvalue weighted by Gasteiger charge is -2.20. The number of halogens is 3. The van der Waals surface area contributed by atoms with Gasteiger partial charge in [-0.3, -0.25) is 9.78 Å². The van der Waals surface area contributed by atoms with Gasteiger partial charge in [0, 0.05) is 6.20 Å². The number of amides is 1. The Hall–Kier alpha value is -2.45. The highest BCUT2D eigenvalue weighted by atomic mass is 19.4. The van der Waals surface area contributed by atoms with Crippen LogP contribution in [-0.4, -0.2) is 32.5 Å². The number of rotatable bonds is 3. The van der Waals surface area contributed by atoms with Crippen LogP contribution in [-0.2, 0) is 0 Å². The first-order valence-electron chi connectivity index (χ1n) is 5.13. The van der Waals surface area contributed by atoms with E-state index in [1.807, 2.05) is 5.32 Å². The topological polar surface area (TPSA) is 83.6 Å². The molecule has 9 heteroatoms. The lowest BCUT2D eigenvalue weighted by atomic mass is 10.1. The molecular formula is C10H8F3N5O. The third-order valence-electron chi connectivity index (χ3n) is 2.23. The fraction of sp³-hybridized carbons (Fsp3) is 0.200. The Bertz CT molecular complexity index is 540. The number of hydrogen-bond acceptors (Lipinski definition) is 4. The Morgan fingerprint density at radius 3 is 2.68 bits per heavy atom. The van der Waals surface area contributed by atoms with Crippen molar-refractivity contribution < 1.29 is 18.0 Å². The fourth-order valence-electron chi connectivity index (χ4n) is 1.39. The average molecular weight is 271 g/mol. The van der Waals surface area contributed by atoms with E-state index in [2.05, 4.69) is 20.4 Å². The van der Waals surface area contributed by atoms with Gasteiger partial charge in [-0.15, -0.1) is 0 Å². The lowest BCUT2D eigenvalue weighted by molar-refractivity contribution is -0.156. The van der Waals surface area contributed by atoms with Crippen LogP contribution in [0.15, 0.2) is 30.6 Å². The van der Waals surface area contributed by atoms with E-state index in [4.69, 9.17) is 0 Å². The molecule has 2 heterocycles. The zero-order valence-corrected chi connectivity index (χ0v) is 9.35. The molecule has 1 amide bonds. The van der Waals surface area contributed by atoms with E-state index < -0.39 is 18.1 Å². The first-order chi connectivity index (χ1) is 8.98. The van der Waals surface area contributed by atoms with Gasteiger partial charge in [0.1, 0.15) is 0 Å². The second-order valence-corrected chi connectivity index (χ2v) is 3.56. The van der Waals surface area contributed by atoms with Gasteiger partial charge in [-0.1, -0.05) is 6.07 Å². The van der Waals surface area contributed by atoms with Crippen LogP contribution in [0.4, 0.5) is 13.2 Å². The molecule has 0 aliphatic heterocycles. The number of nitrogens with zero attached hydrogens (tertiary/aromatic N) is 3. The molecule has 0 unspecified atom stereocenters. The van der Waals surface area contributed by atoms with Crippen LogP contribution in [0.25, 0.3) is 0 Å². The number of hydrogen-bond donors (Lipinski definition) is 2. The standard InChI is InChI=1S/C10H8F3N5O/c11-10(12,13)8(6-3-1-2-4-14-6)16-9(19)7-5-15-18-17-7/h1-5,8H,(H,16,19)(H,15,17,18)/t8-/m0/s1. The summed E-state index contributed by atoms with van der Waals surface area (Å²) in [4.78, 5) is 15.2. The maximum absolute atomic E-state index is 12.9. The van der Waals surface area contributed by atoms with E-state index in [0.29, 0.717) is 0 Å². The van der Waals surface area contributed by atoms with Crippen LogP contribution in [0.1, 0.15) is 22.2 Å². The molecule has 0 aliphatic rings. The molecule has 2 aromatic heterocycles. The Kier molecular flexibility index (Phi) is 3.45. The lowest BCUT2D eigenvalue weighted by Crippen LogP contribution is -2.38. The Morgan fingerprint density at radius 2 is 2.16 bits per heavy atom. The number of alkyl halides is 3. The third kappa shape index (κ3) is 3.06. The van der Waals surface area contributed by atoms with Gasteiger partial charge in [-0.25, -0.2) is 0 Å². The van der Waals surface area contributed by atoms with E-state index in [1.165, 1.54) is 24.4 Å². The van der Waals surface area contributed by atoms with Crippen molar-refractivity contribution in [3.8, 4) is 0 Å². The molecule has 0 aliphatic carbocycles. The van der Waals surface area contributed by atoms with Gasteiger partial charge in [-0.2, -0.15) is 28.6 Å². The molecule has 0 aromatic carbocycles. The minimum absolute atomic E-state index is 0.231. The van der Waals surface area contributed by atoms with Crippen molar-refractivity contribution in [2.24, 2.45) is 0 Å². The third-order valence-corrected chi connectivity index (χ3v) is 2.23. The van der Waals surface area contributed by atoms with Crippen LogP contribution in [0.2, 0.25) is 0 Å². The molecule has 19 heavy (non-hydrogen) atoms. The molecular weight excluding hydrogens is 263 g/mol. The second kappa shape index (κ2) is 5.04. The van der Waals surface area contributed by atoms with Crippen LogP contribution in [0, 0.1) is 0 Å². The summed E-state index contributed by atoms with van der Waals surface area (Å²) in [6.45, 7) is 0. The molecule has 0 saturated heterocycles. The summed E-state index contributed by atoms with van der Waals surface area (Å²) in [7, 11) is 0. The maximum Gasteiger partial charge on any atom is 0.414 e. The molecule has 0 saturated carbocycles. The van der Waals surface area contributed by atoms with E-state index >= 15 is 0 Å². The zero-order valence-electron chi connectivity index (χ0n) is 9.35. The van der Waals surface area contributed by atoms with Gasteiger partial charge in [0.25, 0.3) is 5.91 Å². The van der Waals surface area contributed by atoms with Crippen molar-refractivity contribution >= 4 is 5.91 Å². The highest BCUT2D eigenvalue weighted by molar-refractivity contribution is 5.92. The molecule has 2 rings (SSSR count). The number of aromatic nitrogens is 4. The second-order valence-electron chi connectivity index (χ2n) is 3.56. The number of nitrogens with one attached hydrogen (secondary N) is 2. The van der Waals surface area contributed by atoms with Crippen molar-refractivity contribution in [1.82, 2.24) is 25.7 Å². The molecule has 0 spiro atoms. The quantitative estimate of drug-likeness (QED) is 0.879. The number of aromatic amines is 1. The Balaban J connectivity index is 2.23. The van der Waals surface area contributed by atoms with E-state index in [-0.39, 0.29) is 11.4 Å². The van der Waals surface area contributed by atoms with Crippen LogP contribution in [0.3, 0.4) is 0 Å². The van der Waals surface area contributed by atoms with Crippen molar-refractivity contribution in [3.05, 3.63) is 42.0 Å². The maximum atomic E-state index is 12.9. The summed E-state index contributed by atoms with van der Waals surface area (Å²) in [5, 5.41) is 10.7. The molecule has 0 fully saturated rings.